The van der Waals surface area contributed by atoms with E-state index in [9.17, 15) is 9.59 Å². The van der Waals surface area contributed by atoms with Crippen molar-refractivity contribution in [3.05, 3.63) is 23.8 Å². The van der Waals surface area contributed by atoms with Crippen LogP contribution >= 0.6 is 0 Å². The number of esters is 2. The molecule has 2 aliphatic rings. The summed E-state index contributed by atoms with van der Waals surface area (Å²) < 4.78 is 11.2. The lowest BCUT2D eigenvalue weighted by Gasteiger charge is -2.25. The first-order valence-electron chi connectivity index (χ1n) is 10.5. The van der Waals surface area contributed by atoms with Gasteiger partial charge in [0.2, 0.25) is 0 Å². The van der Waals surface area contributed by atoms with Gasteiger partial charge < -0.3 is 9.47 Å². The number of carbonyl (C=O) groups is 2. The van der Waals surface area contributed by atoms with Gasteiger partial charge in [-0.15, -0.1) is 0 Å². The van der Waals surface area contributed by atoms with Gasteiger partial charge in [0.15, 0.2) is 0 Å². The van der Waals surface area contributed by atoms with Gasteiger partial charge in [-0.2, -0.15) is 0 Å². The topological polar surface area (TPSA) is 52.6 Å². The van der Waals surface area contributed by atoms with Crippen molar-refractivity contribution in [1.82, 2.24) is 0 Å². The van der Waals surface area contributed by atoms with E-state index in [0.29, 0.717) is 23.3 Å². The predicted molar refractivity (Wildman–Crippen MR) is 105 cm³/mol. The largest absolute Gasteiger partial charge is 0.426 e. The van der Waals surface area contributed by atoms with E-state index in [1.54, 1.807) is 18.2 Å². The Labute approximate surface area is 162 Å². The van der Waals surface area contributed by atoms with Gasteiger partial charge in [-0.25, -0.2) is 0 Å². The molecule has 0 aromatic heterocycles. The van der Waals surface area contributed by atoms with Crippen molar-refractivity contribution in [1.29, 1.82) is 0 Å². The van der Waals surface area contributed by atoms with Gasteiger partial charge in [-0.1, -0.05) is 13.8 Å². The molecule has 0 amide bonds. The van der Waals surface area contributed by atoms with Gasteiger partial charge in [-0.05, 0) is 93.9 Å². The van der Waals surface area contributed by atoms with E-state index in [1.165, 1.54) is 0 Å². The van der Waals surface area contributed by atoms with E-state index >= 15 is 0 Å². The molecule has 4 heteroatoms. The fraction of sp³-hybridized carbons (Fsp3) is 0.652. The summed E-state index contributed by atoms with van der Waals surface area (Å²) in [6, 6.07) is 5.25. The highest BCUT2D eigenvalue weighted by molar-refractivity contribution is 5.76. The number of benzene rings is 1. The fourth-order valence-corrected chi connectivity index (χ4v) is 4.18. The average molecular weight is 373 g/mol. The number of aryl methyl sites for hydroxylation is 1. The third-order valence-electron chi connectivity index (χ3n) is 6.27. The van der Waals surface area contributed by atoms with Gasteiger partial charge in [-0.3, -0.25) is 9.59 Å². The monoisotopic (exact) mass is 372 g/mol. The molecule has 1 aromatic rings. The molecule has 148 valence electrons. The van der Waals surface area contributed by atoms with Crippen molar-refractivity contribution < 1.29 is 19.1 Å². The van der Waals surface area contributed by atoms with Crippen molar-refractivity contribution >= 4 is 11.9 Å². The number of hydrogen-bond acceptors (Lipinski definition) is 4. The van der Waals surface area contributed by atoms with Crippen LogP contribution in [0.1, 0.15) is 70.8 Å². The van der Waals surface area contributed by atoms with Crippen LogP contribution in [0.2, 0.25) is 0 Å². The Hall–Kier alpha value is -1.84. The molecule has 1 aromatic carbocycles. The van der Waals surface area contributed by atoms with E-state index in [4.69, 9.17) is 9.47 Å². The lowest BCUT2D eigenvalue weighted by Crippen LogP contribution is -2.25. The number of ether oxygens (including phenoxy) is 2. The van der Waals surface area contributed by atoms with Crippen LogP contribution < -0.4 is 9.47 Å². The summed E-state index contributed by atoms with van der Waals surface area (Å²) in [5, 5.41) is 0. The van der Waals surface area contributed by atoms with Gasteiger partial charge in [0.05, 0.1) is 11.8 Å². The highest BCUT2D eigenvalue weighted by atomic mass is 16.5. The first-order valence-corrected chi connectivity index (χ1v) is 10.5. The Balaban J connectivity index is 1.55. The van der Waals surface area contributed by atoms with E-state index in [0.717, 1.165) is 56.9 Å². The zero-order valence-corrected chi connectivity index (χ0v) is 16.8. The fourth-order valence-electron chi connectivity index (χ4n) is 4.18. The second-order valence-corrected chi connectivity index (χ2v) is 8.68. The Morgan fingerprint density at radius 2 is 1.26 bits per heavy atom. The maximum atomic E-state index is 12.4. The molecule has 0 atom stereocenters. The Kier molecular flexibility index (Phi) is 6.56. The van der Waals surface area contributed by atoms with Crippen molar-refractivity contribution in [3.63, 3.8) is 0 Å². The SMILES string of the molecule is Cc1cc(OC(=O)C2CCC(C)CC2)ccc1OC(=O)C1CCC(C)CC1. The second-order valence-electron chi connectivity index (χ2n) is 8.68. The molecule has 0 saturated heterocycles. The second kappa shape index (κ2) is 8.90. The molecule has 0 spiro atoms. The molecule has 0 heterocycles. The first kappa shape index (κ1) is 19.9. The first-order chi connectivity index (χ1) is 12.9. The van der Waals surface area contributed by atoms with Crippen LogP contribution in [0.25, 0.3) is 0 Å². The Morgan fingerprint density at radius 3 is 1.74 bits per heavy atom. The van der Waals surface area contributed by atoms with Crippen molar-refractivity contribution in [2.75, 3.05) is 0 Å². The van der Waals surface area contributed by atoms with Crippen LogP contribution in [0.5, 0.6) is 11.5 Å². The standard InChI is InChI=1S/C23H32O4/c1-15-4-8-18(9-5-15)22(24)26-20-12-13-21(17(3)14-20)27-23(25)19-10-6-16(2)7-11-19/h12-16,18-19H,4-11H2,1-3H3. The van der Waals surface area contributed by atoms with Gasteiger partial charge in [0, 0.05) is 0 Å². The quantitative estimate of drug-likeness (QED) is 0.520. The third kappa shape index (κ3) is 5.33. The van der Waals surface area contributed by atoms with Crippen molar-refractivity contribution in [2.45, 2.75) is 72.1 Å². The van der Waals surface area contributed by atoms with Crippen LogP contribution in [0.3, 0.4) is 0 Å². The van der Waals surface area contributed by atoms with Gasteiger partial charge in [0.1, 0.15) is 11.5 Å². The maximum Gasteiger partial charge on any atom is 0.314 e. The van der Waals surface area contributed by atoms with E-state index in [-0.39, 0.29) is 23.8 Å². The molecular weight excluding hydrogens is 340 g/mol. The molecule has 2 fully saturated rings. The molecule has 27 heavy (non-hydrogen) atoms. The number of carbonyl (C=O) groups excluding carboxylic acids is 2. The number of hydrogen-bond donors (Lipinski definition) is 0. The minimum Gasteiger partial charge on any atom is -0.426 e. The van der Waals surface area contributed by atoms with Crippen molar-refractivity contribution in [3.8, 4) is 11.5 Å². The molecule has 0 radical (unpaired) electrons. The van der Waals surface area contributed by atoms with Gasteiger partial charge in [0.25, 0.3) is 0 Å². The van der Waals surface area contributed by atoms with Gasteiger partial charge >= 0.3 is 11.9 Å². The van der Waals surface area contributed by atoms with Crippen LogP contribution in [0.4, 0.5) is 0 Å². The molecule has 0 aliphatic heterocycles. The smallest absolute Gasteiger partial charge is 0.314 e. The summed E-state index contributed by atoms with van der Waals surface area (Å²) in [5.41, 5.74) is 0.815. The molecular formula is C23H32O4. The molecule has 3 rings (SSSR count). The van der Waals surface area contributed by atoms with E-state index < -0.39 is 0 Å². The van der Waals surface area contributed by atoms with Crippen LogP contribution in [0.15, 0.2) is 18.2 Å². The zero-order valence-electron chi connectivity index (χ0n) is 16.8. The van der Waals surface area contributed by atoms with Crippen molar-refractivity contribution in [2.24, 2.45) is 23.7 Å². The molecule has 4 nitrogen and oxygen atoms in total. The summed E-state index contributed by atoms with van der Waals surface area (Å²) >= 11 is 0. The lowest BCUT2D eigenvalue weighted by molar-refractivity contribution is -0.141. The molecule has 0 bridgehead atoms. The van der Waals surface area contributed by atoms with E-state index in [2.05, 4.69) is 13.8 Å². The third-order valence-corrected chi connectivity index (χ3v) is 6.27. The summed E-state index contributed by atoms with van der Waals surface area (Å²) in [5.74, 6) is 2.25. The predicted octanol–water partition coefficient (Wildman–Crippen LogP) is 5.46. The number of rotatable bonds is 4. The highest BCUT2D eigenvalue weighted by Gasteiger charge is 2.27. The minimum atomic E-state index is -0.137. The normalized spacial score (nSPS) is 28.4. The minimum absolute atomic E-state index is 0.00629. The molecule has 0 N–H and O–H groups in total. The maximum absolute atomic E-state index is 12.4. The summed E-state index contributed by atoms with van der Waals surface area (Å²) in [4.78, 5) is 24.8. The highest BCUT2D eigenvalue weighted by Crippen LogP contribution is 2.32. The molecule has 2 aliphatic carbocycles. The molecule has 2 saturated carbocycles. The Morgan fingerprint density at radius 1 is 0.778 bits per heavy atom. The Bertz CT molecular complexity index is 665. The summed E-state index contributed by atoms with van der Waals surface area (Å²) in [6.45, 7) is 6.35. The molecule has 0 unspecified atom stereocenters. The zero-order chi connectivity index (χ0) is 19.4. The summed E-state index contributed by atoms with van der Waals surface area (Å²) in [7, 11) is 0. The summed E-state index contributed by atoms with van der Waals surface area (Å²) in [6.07, 6.45) is 8.01. The van der Waals surface area contributed by atoms with Crippen LogP contribution in [-0.4, -0.2) is 11.9 Å². The van der Waals surface area contributed by atoms with Crippen LogP contribution in [0, 0.1) is 30.6 Å². The van der Waals surface area contributed by atoms with Crippen LogP contribution in [-0.2, 0) is 9.59 Å². The average Bonchev–Trinajstić information content (AvgIpc) is 2.65. The van der Waals surface area contributed by atoms with E-state index in [1.807, 2.05) is 6.92 Å². The lowest BCUT2D eigenvalue weighted by atomic mass is 9.83.